The average Bonchev–Trinajstić information content (AvgIpc) is 3.70. The van der Waals surface area contributed by atoms with Crippen LogP contribution < -0.4 is 0 Å². The molecule has 10 nitrogen and oxygen atoms in total. The van der Waals surface area contributed by atoms with Crippen LogP contribution >= 0.6 is 0 Å². The van der Waals surface area contributed by atoms with Gasteiger partial charge in [-0.3, -0.25) is 9.97 Å². The number of aromatic amines is 1. The number of imidazole rings is 1. The molecule has 4 aromatic heterocycles. The molecule has 42 heavy (non-hydrogen) atoms. The fourth-order valence-electron chi connectivity index (χ4n) is 6.39. The Kier molecular flexibility index (Phi) is 5.73. The van der Waals surface area contributed by atoms with Crippen LogP contribution in [0.2, 0.25) is 0 Å². The van der Waals surface area contributed by atoms with Gasteiger partial charge in [0, 0.05) is 35.1 Å². The summed E-state index contributed by atoms with van der Waals surface area (Å²) in [6.45, 7) is 4.14. The van der Waals surface area contributed by atoms with Crippen LogP contribution in [-0.4, -0.2) is 50.1 Å². The van der Waals surface area contributed by atoms with E-state index in [0.29, 0.717) is 11.9 Å². The molecule has 1 saturated carbocycles. The van der Waals surface area contributed by atoms with Gasteiger partial charge in [-0.05, 0) is 79.9 Å². The molecular formula is C32H28N10. The van der Waals surface area contributed by atoms with E-state index >= 15 is 0 Å². The van der Waals surface area contributed by atoms with Gasteiger partial charge in [-0.25, -0.2) is 15.0 Å². The molecule has 0 unspecified atom stereocenters. The number of nitrogens with one attached hydrogen (secondary N) is 1. The predicted molar refractivity (Wildman–Crippen MR) is 162 cm³/mol. The van der Waals surface area contributed by atoms with Crippen molar-refractivity contribution in [3.63, 3.8) is 0 Å². The molecule has 0 saturated heterocycles. The number of benzene rings is 3. The maximum Gasteiger partial charge on any atom is 0.204 e. The molecule has 3 aromatic carbocycles. The Morgan fingerprint density at radius 3 is 2.38 bits per heavy atom. The molecule has 0 radical (unpaired) electrons. The number of fused-ring (bicyclic) bond motifs is 3. The van der Waals surface area contributed by atoms with Gasteiger partial charge in [0.15, 0.2) is 0 Å². The Balaban J connectivity index is 1.31. The van der Waals surface area contributed by atoms with Gasteiger partial charge >= 0.3 is 0 Å². The SMILES string of the molecule is Cc1nc2ccc(-c3nc4cc(-c5nn[nH]n5)ccc4n3C3CCCCC3)c(C)c2nc1-c1ccc2nccnc2c1. The van der Waals surface area contributed by atoms with Crippen molar-refractivity contribution in [2.24, 2.45) is 0 Å². The van der Waals surface area contributed by atoms with Crippen LogP contribution in [0.3, 0.4) is 0 Å². The molecule has 4 heterocycles. The monoisotopic (exact) mass is 552 g/mol. The number of hydrogen-bond donors (Lipinski definition) is 1. The van der Waals surface area contributed by atoms with E-state index in [-0.39, 0.29) is 0 Å². The van der Waals surface area contributed by atoms with Gasteiger partial charge < -0.3 is 4.57 Å². The topological polar surface area (TPSA) is 124 Å². The number of aromatic nitrogens is 10. The fourth-order valence-corrected chi connectivity index (χ4v) is 6.39. The minimum absolute atomic E-state index is 0.392. The lowest BCUT2D eigenvalue weighted by atomic mass is 9.94. The van der Waals surface area contributed by atoms with Crippen LogP contribution in [0.5, 0.6) is 0 Å². The Morgan fingerprint density at radius 2 is 1.55 bits per heavy atom. The van der Waals surface area contributed by atoms with Gasteiger partial charge in [-0.15, -0.1) is 10.2 Å². The summed E-state index contributed by atoms with van der Waals surface area (Å²) in [5.74, 6) is 1.52. The summed E-state index contributed by atoms with van der Waals surface area (Å²) in [5, 5.41) is 14.6. The zero-order chi connectivity index (χ0) is 28.2. The molecule has 7 aromatic rings. The molecular weight excluding hydrogens is 524 g/mol. The summed E-state index contributed by atoms with van der Waals surface area (Å²) in [4.78, 5) is 24.3. The summed E-state index contributed by atoms with van der Waals surface area (Å²) >= 11 is 0. The molecule has 8 rings (SSSR count). The van der Waals surface area contributed by atoms with E-state index in [0.717, 1.165) is 85.4 Å². The first kappa shape index (κ1) is 24.7. The van der Waals surface area contributed by atoms with Crippen molar-refractivity contribution in [1.82, 2.24) is 50.1 Å². The van der Waals surface area contributed by atoms with Crippen molar-refractivity contribution in [3.8, 4) is 34.0 Å². The third-order valence-corrected chi connectivity index (χ3v) is 8.48. The zero-order valence-electron chi connectivity index (χ0n) is 23.4. The molecule has 0 aliphatic heterocycles. The van der Waals surface area contributed by atoms with Crippen molar-refractivity contribution >= 4 is 33.1 Å². The average molecular weight is 553 g/mol. The number of aryl methyl sites for hydroxylation is 2. The molecule has 206 valence electrons. The van der Waals surface area contributed by atoms with Crippen LogP contribution in [0.25, 0.3) is 67.1 Å². The number of tetrazole rings is 1. The molecule has 0 bridgehead atoms. The molecule has 0 spiro atoms. The van der Waals surface area contributed by atoms with Crippen LogP contribution in [0.4, 0.5) is 0 Å². The van der Waals surface area contributed by atoms with E-state index < -0.39 is 0 Å². The maximum absolute atomic E-state index is 5.24. The first-order chi connectivity index (χ1) is 20.6. The van der Waals surface area contributed by atoms with Gasteiger partial charge in [0.25, 0.3) is 0 Å². The van der Waals surface area contributed by atoms with Crippen LogP contribution in [-0.2, 0) is 0 Å². The highest BCUT2D eigenvalue weighted by molar-refractivity contribution is 5.91. The minimum atomic E-state index is 0.392. The third-order valence-electron chi connectivity index (χ3n) is 8.48. The normalized spacial score (nSPS) is 14.3. The van der Waals surface area contributed by atoms with Crippen LogP contribution in [0.15, 0.2) is 60.9 Å². The first-order valence-electron chi connectivity index (χ1n) is 14.4. The van der Waals surface area contributed by atoms with E-state index in [1.54, 1.807) is 12.4 Å². The van der Waals surface area contributed by atoms with Crippen molar-refractivity contribution < 1.29 is 0 Å². The largest absolute Gasteiger partial charge is 0.321 e. The van der Waals surface area contributed by atoms with Crippen LogP contribution in [0, 0.1) is 13.8 Å². The summed E-state index contributed by atoms with van der Waals surface area (Å²) in [6, 6.07) is 16.9. The van der Waals surface area contributed by atoms with Gasteiger partial charge in [0.2, 0.25) is 5.82 Å². The molecule has 0 atom stereocenters. The maximum atomic E-state index is 5.24. The van der Waals surface area contributed by atoms with E-state index in [4.69, 9.17) is 15.0 Å². The Morgan fingerprint density at radius 1 is 0.762 bits per heavy atom. The zero-order valence-corrected chi connectivity index (χ0v) is 23.4. The molecule has 1 N–H and O–H groups in total. The number of hydrogen-bond acceptors (Lipinski definition) is 8. The Bertz CT molecular complexity index is 2110. The van der Waals surface area contributed by atoms with E-state index in [9.17, 15) is 0 Å². The summed E-state index contributed by atoms with van der Waals surface area (Å²) in [7, 11) is 0. The summed E-state index contributed by atoms with van der Waals surface area (Å²) < 4.78 is 2.45. The molecule has 1 fully saturated rings. The standard InChI is InChI=1S/C32H28N10/c1-18-23(10-12-25-29(18)37-30(19(2)35-25)20-8-11-24-26(16-20)34-15-14-33-24)32-36-27-17-21(31-38-40-41-39-31)9-13-28(27)42(32)22-6-4-3-5-7-22/h8-17,22H,3-7H2,1-2H3,(H,38,39,40,41). The molecule has 10 heteroatoms. The minimum Gasteiger partial charge on any atom is -0.321 e. The Hall–Kier alpha value is -5.12. The highest BCUT2D eigenvalue weighted by atomic mass is 15.5. The first-order valence-corrected chi connectivity index (χ1v) is 14.4. The van der Waals surface area contributed by atoms with E-state index in [1.165, 1.54) is 19.3 Å². The molecule has 0 amide bonds. The predicted octanol–water partition coefficient (Wildman–Crippen LogP) is 6.56. The smallest absolute Gasteiger partial charge is 0.204 e. The molecule has 1 aliphatic carbocycles. The molecule has 1 aliphatic rings. The van der Waals surface area contributed by atoms with Crippen molar-refractivity contribution in [2.45, 2.75) is 52.0 Å². The Labute approximate surface area is 241 Å². The highest BCUT2D eigenvalue weighted by Gasteiger charge is 2.25. The van der Waals surface area contributed by atoms with Gasteiger partial charge in [0.1, 0.15) is 5.82 Å². The van der Waals surface area contributed by atoms with Gasteiger partial charge in [-0.2, -0.15) is 5.21 Å². The lowest BCUT2D eigenvalue weighted by molar-refractivity contribution is 0.362. The van der Waals surface area contributed by atoms with Crippen molar-refractivity contribution in [3.05, 3.63) is 72.2 Å². The highest BCUT2D eigenvalue weighted by Crippen LogP contribution is 2.39. The second kappa shape index (κ2) is 9.76. The second-order valence-corrected chi connectivity index (χ2v) is 11.1. The fraction of sp³-hybridized carbons (Fsp3) is 0.250. The van der Waals surface area contributed by atoms with Crippen molar-refractivity contribution in [1.29, 1.82) is 0 Å². The van der Waals surface area contributed by atoms with Gasteiger partial charge in [0.05, 0.1) is 44.5 Å². The van der Waals surface area contributed by atoms with E-state index in [2.05, 4.69) is 72.4 Å². The lowest BCUT2D eigenvalue weighted by Gasteiger charge is -2.26. The number of rotatable bonds is 4. The third kappa shape index (κ3) is 4.01. The lowest BCUT2D eigenvalue weighted by Crippen LogP contribution is -2.14. The van der Waals surface area contributed by atoms with Crippen LogP contribution in [0.1, 0.15) is 49.4 Å². The number of nitrogens with zero attached hydrogens (tertiary/aromatic N) is 9. The second-order valence-electron chi connectivity index (χ2n) is 11.1. The van der Waals surface area contributed by atoms with Crippen molar-refractivity contribution in [2.75, 3.05) is 0 Å². The van der Waals surface area contributed by atoms with Gasteiger partial charge in [-0.1, -0.05) is 25.3 Å². The number of H-pyrrole nitrogens is 1. The summed E-state index contributed by atoms with van der Waals surface area (Å²) in [5.41, 5.74) is 11.2. The summed E-state index contributed by atoms with van der Waals surface area (Å²) in [6.07, 6.45) is 9.45. The van der Waals surface area contributed by atoms with E-state index in [1.807, 2.05) is 25.1 Å². The quantitative estimate of drug-likeness (QED) is 0.260.